The number of H-pyrrole nitrogens is 1. The van der Waals surface area contributed by atoms with E-state index in [0.717, 1.165) is 31.5 Å². The summed E-state index contributed by atoms with van der Waals surface area (Å²) >= 11 is 0. The van der Waals surface area contributed by atoms with E-state index in [0.29, 0.717) is 16.8 Å². The van der Waals surface area contributed by atoms with Crippen LogP contribution in [0.5, 0.6) is 0 Å². The van der Waals surface area contributed by atoms with Crippen molar-refractivity contribution in [3.63, 3.8) is 0 Å². The van der Waals surface area contributed by atoms with Crippen LogP contribution in [0.1, 0.15) is 30.0 Å². The number of alkyl halides is 3. The smallest absolute Gasteiger partial charge is 0.351 e. The molecule has 3 rings (SSSR count). The highest BCUT2D eigenvalue weighted by Gasteiger charge is 2.32. The number of fused-ring (bicyclic) bond motifs is 1. The Morgan fingerprint density at radius 1 is 1.16 bits per heavy atom. The van der Waals surface area contributed by atoms with Gasteiger partial charge in [0.25, 0.3) is 0 Å². The van der Waals surface area contributed by atoms with Crippen LogP contribution in [0.4, 0.5) is 13.2 Å². The van der Waals surface area contributed by atoms with Gasteiger partial charge in [-0.3, -0.25) is 0 Å². The monoisotopic (exact) mass is 268 g/mol. The Morgan fingerprint density at radius 2 is 2.00 bits per heavy atom. The van der Waals surface area contributed by atoms with Gasteiger partial charge in [0, 0.05) is 17.4 Å². The standard InChI is InChI=1S/C14H15F3N2/c15-14(16,17)13-7-11-6-9(3-4-12(11)19-13)10-2-1-5-18-8-10/h3-4,6-7,10,18-19H,1-2,5,8H2. The van der Waals surface area contributed by atoms with E-state index in [1.54, 1.807) is 6.07 Å². The van der Waals surface area contributed by atoms with Gasteiger partial charge in [0.15, 0.2) is 0 Å². The highest BCUT2D eigenvalue weighted by molar-refractivity contribution is 5.81. The Morgan fingerprint density at radius 3 is 2.68 bits per heavy atom. The molecule has 2 nitrogen and oxygen atoms in total. The molecule has 1 fully saturated rings. The van der Waals surface area contributed by atoms with Crippen molar-refractivity contribution in [2.75, 3.05) is 13.1 Å². The lowest BCUT2D eigenvalue weighted by atomic mass is 9.91. The third-order valence-electron chi connectivity index (χ3n) is 3.72. The average Bonchev–Trinajstić information content (AvgIpc) is 2.82. The zero-order chi connectivity index (χ0) is 13.5. The molecule has 19 heavy (non-hydrogen) atoms. The van der Waals surface area contributed by atoms with Crippen LogP contribution in [-0.4, -0.2) is 18.1 Å². The molecule has 0 spiro atoms. The molecule has 1 aromatic heterocycles. The molecule has 1 atom stereocenters. The van der Waals surface area contributed by atoms with Gasteiger partial charge in [-0.05, 0) is 49.1 Å². The first-order valence-electron chi connectivity index (χ1n) is 6.44. The minimum atomic E-state index is -4.31. The lowest BCUT2D eigenvalue weighted by molar-refractivity contribution is -0.140. The molecule has 0 saturated carbocycles. The van der Waals surface area contributed by atoms with Gasteiger partial charge in [0.2, 0.25) is 0 Å². The quantitative estimate of drug-likeness (QED) is 0.811. The second-order valence-electron chi connectivity index (χ2n) is 5.07. The number of hydrogen-bond donors (Lipinski definition) is 2. The van der Waals surface area contributed by atoms with Crippen molar-refractivity contribution in [3.05, 3.63) is 35.5 Å². The molecule has 1 aliphatic rings. The summed E-state index contributed by atoms with van der Waals surface area (Å²) in [5.74, 6) is 0.405. The predicted molar refractivity (Wildman–Crippen MR) is 68.1 cm³/mol. The van der Waals surface area contributed by atoms with E-state index in [1.165, 1.54) is 6.07 Å². The minimum Gasteiger partial charge on any atom is -0.351 e. The van der Waals surface area contributed by atoms with Gasteiger partial charge in [0.1, 0.15) is 5.69 Å². The number of benzene rings is 1. The first-order chi connectivity index (χ1) is 9.04. The van der Waals surface area contributed by atoms with Crippen LogP contribution in [0.3, 0.4) is 0 Å². The molecule has 1 saturated heterocycles. The average molecular weight is 268 g/mol. The van der Waals surface area contributed by atoms with Crippen molar-refractivity contribution in [2.45, 2.75) is 24.9 Å². The number of nitrogens with one attached hydrogen (secondary N) is 2. The molecule has 102 valence electrons. The summed E-state index contributed by atoms with van der Waals surface area (Å²) in [7, 11) is 0. The fraction of sp³-hybridized carbons (Fsp3) is 0.429. The Bertz CT molecular complexity index is 580. The maximum atomic E-state index is 12.6. The molecule has 0 bridgehead atoms. The van der Waals surface area contributed by atoms with E-state index in [4.69, 9.17) is 0 Å². The fourth-order valence-corrected chi connectivity index (χ4v) is 2.69. The number of aromatic amines is 1. The third kappa shape index (κ3) is 2.47. The molecule has 0 aliphatic carbocycles. The maximum Gasteiger partial charge on any atom is 0.431 e. The highest BCUT2D eigenvalue weighted by atomic mass is 19.4. The topological polar surface area (TPSA) is 27.8 Å². The number of rotatable bonds is 1. The van der Waals surface area contributed by atoms with E-state index < -0.39 is 11.9 Å². The normalized spacial score (nSPS) is 20.9. The first kappa shape index (κ1) is 12.5. The molecule has 1 aromatic carbocycles. The van der Waals surface area contributed by atoms with Gasteiger partial charge in [-0.25, -0.2) is 0 Å². The molecule has 2 aromatic rings. The lowest BCUT2D eigenvalue weighted by Crippen LogP contribution is -2.28. The van der Waals surface area contributed by atoms with Gasteiger partial charge in [-0.15, -0.1) is 0 Å². The molecule has 1 aliphatic heterocycles. The summed E-state index contributed by atoms with van der Waals surface area (Å²) < 4.78 is 37.9. The largest absolute Gasteiger partial charge is 0.431 e. The predicted octanol–water partition coefficient (Wildman–Crippen LogP) is 3.65. The summed E-state index contributed by atoms with van der Waals surface area (Å²) in [4.78, 5) is 2.43. The number of aromatic nitrogens is 1. The number of halogens is 3. The van der Waals surface area contributed by atoms with Crippen molar-refractivity contribution in [1.29, 1.82) is 0 Å². The Kier molecular flexibility index (Phi) is 3.01. The minimum absolute atomic E-state index is 0.405. The molecule has 1 unspecified atom stereocenters. The molecule has 0 radical (unpaired) electrons. The summed E-state index contributed by atoms with van der Waals surface area (Å²) in [6.45, 7) is 1.93. The van der Waals surface area contributed by atoms with Crippen LogP contribution >= 0.6 is 0 Å². The Labute approximate surface area is 109 Å². The second-order valence-corrected chi connectivity index (χ2v) is 5.07. The summed E-state index contributed by atoms with van der Waals surface area (Å²) in [5.41, 5.74) is 0.980. The maximum absolute atomic E-state index is 12.6. The molecular formula is C14H15F3N2. The van der Waals surface area contributed by atoms with E-state index in [-0.39, 0.29) is 0 Å². The molecular weight excluding hydrogens is 253 g/mol. The number of hydrogen-bond acceptors (Lipinski definition) is 1. The van der Waals surface area contributed by atoms with Crippen molar-refractivity contribution in [1.82, 2.24) is 10.3 Å². The van der Waals surface area contributed by atoms with Crippen LogP contribution in [0.15, 0.2) is 24.3 Å². The van der Waals surface area contributed by atoms with Crippen LogP contribution in [0.2, 0.25) is 0 Å². The van der Waals surface area contributed by atoms with Crippen LogP contribution < -0.4 is 5.32 Å². The summed E-state index contributed by atoms with van der Waals surface area (Å²) in [5, 5.41) is 3.96. The van der Waals surface area contributed by atoms with E-state index in [1.807, 2.05) is 12.1 Å². The SMILES string of the molecule is FC(F)(F)c1cc2cc(C3CCCNC3)ccc2[nH]1. The van der Waals surface area contributed by atoms with Gasteiger partial charge < -0.3 is 10.3 Å². The molecule has 2 heterocycles. The molecule has 5 heteroatoms. The fourth-order valence-electron chi connectivity index (χ4n) is 2.69. The van der Waals surface area contributed by atoms with Crippen LogP contribution in [-0.2, 0) is 6.18 Å². The van der Waals surface area contributed by atoms with Gasteiger partial charge in [0.05, 0.1) is 0 Å². The Hall–Kier alpha value is -1.49. The van der Waals surface area contributed by atoms with Crippen molar-refractivity contribution < 1.29 is 13.2 Å². The van der Waals surface area contributed by atoms with Gasteiger partial charge in [-0.2, -0.15) is 13.2 Å². The van der Waals surface area contributed by atoms with E-state index in [9.17, 15) is 13.2 Å². The van der Waals surface area contributed by atoms with Crippen LogP contribution in [0.25, 0.3) is 10.9 Å². The van der Waals surface area contributed by atoms with Gasteiger partial charge >= 0.3 is 6.18 Å². The summed E-state index contributed by atoms with van der Waals surface area (Å²) in [6, 6.07) is 6.74. The lowest BCUT2D eigenvalue weighted by Gasteiger charge is -2.23. The molecule has 2 N–H and O–H groups in total. The first-order valence-corrected chi connectivity index (χ1v) is 6.44. The van der Waals surface area contributed by atoms with E-state index in [2.05, 4.69) is 10.3 Å². The van der Waals surface area contributed by atoms with Crippen molar-refractivity contribution >= 4 is 10.9 Å². The van der Waals surface area contributed by atoms with Crippen molar-refractivity contribution in [2.24, 2.45) is 0 Å². The summed E-state index contributed by atoms with van der Waals surface area (Å²) in [6.07, 6.45) is -2.11. The van der Waals surface area contributed by atoms with Crippen molar-refractivity contribution in [3.8, 4) is 0 Å². The van der Waals surface area contributed by atoms with Gasteiger partial charge in [-0.1, -0.05) is 6.07 Å². The Balaban J connectivity index is 1.96. The molecule has 0 amide bonds. The van der Waals surface area contributed by atoms with Crippen LogP contribution in [0, 0.1) is 0 Å². The second kappa shape index (κ2) is 4.56. The highest BCUT2D eigenvalue weighted by Crippen LogP contribution is 2.33. The van der Waals surface area contributed by atoms with E-state index >= 15 is 0 Å². The number of piperidine rings is 1. The zero-order valence-electron chi connectivity index (χ0n) is 10.3. The third-order valence-corrected chi connectivity index (χ3v) is 3.72. The zero-order valence-corrected chi connectivity index (χ0v) is 10.3.